The number of rotatable bonds is 6. The molecule has 0 atom stereocenters. The Bertz CT molecular complexity index is 413. The van der Waals surface area contributed by atoms with E-state index in [1.807, 2.05) is 0 Å². The van der Waals surface area contributed by atoms with Crippen molar-refractivity contribution < 1.29 is 8.42 Å². The molecule has 0 aromatic carbocycles. The molecule has 1 aliphatic rings. The largest absolute Gasteiger partial charge is 0.393 e. The average molecular weight is 307 g/mol. The zero-order valence-corrected chi connectivity index (χ0v) is 13.7. The van der Waals surface area contributed by atoms with Crippen LogP contribution in [0, 0.1) is 5.41 Å². The van der Waals surface area contributed by atoms with Crippen LogP contribution in [0.25, 0.3) is 0 Å². The molecule has 0 bridgehead atoms. The second-order valence-corrected chi connectivity index (χ2v) is 8.28. The van der Waals surface area contributed by atoms with Gasteiger partial charge in [0, 0.05) is 31.6 Å². The molecule has 1 fully saturated rings. The van der Waals surface area contributed by atoms with E-state index in [9.17, 15) is 8.42 Å². The fourth-order valence-electron chi connectivity index (χ4n) is 2.15. The van der Waals surface area contributed by atoms with Crippen molar-refractivity contribution in [3.05, 3.63) is 0 Å². The number of hydrogen-bond donors (Lipinski definition) is 1. The van der Waals surface area contributed by atoms with Crippen molar-refractivity contribution in [1.29, 1.82) is 0 Å². The van der Waals surface area contributed by atoms with E-state index in [2.05, 4.69) is 18.7 Å². The highest BCUT2D eigenvalue weighted by atomic mass is 32.2. The first-order chi connectivity index (χ1) is 8.63. The summed E-state index contributed by atoms with van der Waals surface area (Å²) in [5.74, 6) is 0. The normalized spacial score (nSPS) is 19.5. The minimum Gasteiger partial charge on any atom is -0.393 e. The fraction of sp³-hybridized carbons (Fsp3) is 0.917. The smallest absolute Gasteiger partial charge is 0.211 e. The number of hydrogen-bond acceptors (Lipinski definition) is 4. The molecule has 1 rings (SSSR count). The zero-order chi connectivity index (χ0) is 14.7. The van der Waals surface area contributed by atoms with Crippen molar-refractivity contribution in [2.45, 2.75) is 26.7 Å². The van der Waals surface area contributed by atoms with Crippen LogP contribution in [-0.2, 0) is 10.0 Å². The molecule has 0 amide bonds. The highest BCUT2D eigenvalue weighted by molar-refractivity contribution is 7.88. The van der Waals surface area contributed by atoms with E-state index < -0.39 is 10.0 Å². The molecule has 2 N–H and O–H groups in total. The summed E-state index contributed by atoms with van der Waals surface area (Å²) in [6.45, 7) is 7.91. The standard InChI is InChI=1S/C12H25N3O2S2/c1-12(2,11(13)18)5-4-6-14-7-9-15(10-8-14)19(3,16)17/h4-10H2,1-3H3,(H2,13,18). The van der Waals surface area contributed by atoms with E-state index in [-0.39, 0.29) is 5.41 Å². The molecule has 1 aliphatic heterocycles. The van der Waals surface area contributed by atoms with Crippen LogP contribution in [0.5, 0.6) is 0 Å². The van der Waals surface area contributed by atoms with E-state index in [0.717, 1.165) is 32.5 Å². The van der Waals surface area contributed by atoms with E-state index in [4.69, 9.17) is 18.0 Å². The van der Waals surface area contributed by atoms with Gasteiger partial charge in [-0.2, -0.15) is 4.31 Å². The molecule has 1 saturated heterocycles. The summed E-state index contributed by atoms with van der Waals surface area (Å²) >= 11 is 5.05. The number of nitrogens with zero attached hydrogens (tertiary/aromatic N) is 2. The summed E-state index contributed by atoms with van der Waals surface area (Å²) in [6, 6.07) is 0. The van der Waals surface area contributed by atoms with Gasteiger partial charge in [0.15, 0.2) is 0 Å². The van der Waals surface area contributed by atoms with Crippen LogP contribution in [0.3, 0.4) is 0 Å². The Balaban J connectivity index is 2.29. The van der Waals surface area contributed by atoms with Gasteiger partial charge in [-0.3, -0.25) is 0 Å². The Hall–Kier alpha value is -0.240. The van der Waals surface area contributed by atoms with Gasteiger partial charge in [0.1, 0.15) is 0 Å². The lowest BCUT2D eigenvalue weighted by molar-refractivity contribution is 0.182. The second kappa shape index (κ2) is 6.47. The molecule has 0 aliphatic carbocycles. The molecule has 0 unspecified atom stereocenters. The van der Waals surface area contributed by atoms with Crippen LogP contribution in [-0.4, -0.2) is 61.6 Å². The SMILES string of the molecule is CC(C)(CCCN1CCN(S(C)(=O)=O)CC1)C(N)=S. The number of thiocarbonyl (C=S) groups is 1. The number of piperazine rings is 1. The molecular formula is C12H25N3O2S2. The van der Waals surface area contributed by atoms with E-state index in [0.29, 0.717) is 18.1 Å². The highest BCUT2D eigenvalue weighted by Crippen LogP contribution is 2.22. The maximum absolute atomic E-state index is 11.4. The Morgan fingerprint density at radius 1 is 1.26 bits per heavy atom. The Morgan fingerprint density at radius 3 is 2.21 bits per heavy atom. The summed E-state index contributed by atoms with van der Waals surface area (Å²) in [5, 5.41) is 0. The molecule has 19 heavy (non-hydrogen) atoms. The molecule has 0 aromatic heterocycles. The van der Waals surface area contributed by atoms with Crippen LogP contribution < -0.4 is 5.73 Å². The van der Waals surface area contributed by atoms with Crippen molar-refractivity contribution in [3.63, 3.8) is 0 Å². The predicted octanol–water partition coefficient (Wildman–Crippen LogP) is 0.656. The van der Waals surface area contributed by atoms with Crippen molar-refractivity contribution in [3.8, 4) is 0 Å². The van der Waals surface area contributed by atoms with E-state index in [1.54, 1.807) is 4.31 Å². The molecule has 7 heteroatoms. The Morgan fingerprint density at radius 2 is 1.79 bits per heavy atom. The lowest BCUT2D eigenvalue weighted by atomic mass is 9.88. The lowest BCUT2D eigenvalue weighted by Gasteiger charge is -2.33. The van der Waals surface area contributed by atoms with Crippen molar-refractivity contribution in [2.75, 3.05) is 39.0 Å². The quantitative estimate of drug-likeness (QED) is 0.730. The maximum Gasteiger partial charge on any atom is 0.211 e. The fourth-order valence-corrected chi connectivity index (χ4v) is 3.08. The molecule has 5 nitrogen and oxygen atoms in total. The first-order valence-corrected chi connectivity index (χ1v) is 8.86. The first-order valence-electron chi connectivity index (χ1n) is 6.60. The minimum atomic E-state index is -3.03. The molecule has 0 radical (unpaired) electrons. The molecular weight excluding hydrogens is 282 g/mol. The predicted molar refractivity (Wildman–Crippen MR) is 82.7 cm³/mol. The first kappa shape index (κ1) is 16.8. The molecule has 1 heterocycles. The third-order valence-corrected chi connectivity index (χ3v) is 5.60. The van der Waals surface area contributed by atoms with Gasteiger partial charge in [0.05, 0.1) is 11.2 Å². The molecule has 0 spiro atoms. The van der Waals surface area contributed by atoms with E-state index >= 15 is 0 Å². The summed E-state index contributed by atoms with van der Waals surface area (Å²) in [7, 11) is -3.03. The van der Waals surface area contributed by atoms with Crippen LogP contribution in [0.1, 0.15) is 26.7 Å². The Kier molecular flexibility index (Phi) is 5.73. The van der Waals surface area contributed by atoms with Gasteiger partial charge in [-0.15, -0.1) is 0 Å². The van der Waals surface area contributed by atoms with Crippen LogP contribution in [0.15, 0.2) is 0 Å². The van der Waals surface area contributed by atoms with E-state index in [1.165, 1.54) is 6.26 Å². The van der Waals surface area contributed by atoms with Crippen LogP contribution in [0.2, 0.25) is 0 Å². The zero-order valence-electron chi connectivity index (χ0n) is 12.1. The van der Waals surface area contributed by atoms with Crippen molar-refractivity contribution >= 4 is 27.2 Å². The lowest BCUT2D eigenvalue weighted by Crippen LogP contribution is -2.48. The van der Waals surface area contributed by atoms with Crippen LogP contribution in [0.4, 0.5) is 0 Å². The highest BCUT2D eigenvalue weighted by Gasteiger charge is 2.24. The molecule has 0 saturated carbocycles. The number of sulfonamides is 1. The molecule has 112 valence electrons. The summed E-state index contributed by atoms with van der Waals surface area (Å²) < 4.78 is 24.3. The van der Waals surface area contributed by atoms with Gasteiger partial charge in [-0.05, 0) is 19.4 Å². The van der Waals surface area contributed by atoms with Gasteiger partial charge >= 0.3 is 0 Å². The second-order valence-electron chi connectivity index (χ2n) is 5.86. The third-order valence-electron chi connectivity index (χ3n) is 3.74. The average Bonchev–Trinajstić information content (AvgIpc) is 2.28. The van der Waals surface area contributed by atoms with Gasteiger partial charge in [0.2, 0.25) is 10.0 Å². The van der Waals surface area contributed by atoms with Gasteiger partial charge < -0.3 is 10.6 Å². The van der Waals surface area contributed by atoms with Gasteiger partial charge in [-0.25, -0.2) is 8.42 Å². The Labute approximate surface area is 122 Å². The van der Waals surface area contributed by atoms with Gasteiger partial charge in [-0.1, -0.05) is 26.1 Å². The third kappa shape index (κ3) is 5.33. The summed E-state index contributed by atoms with van der Waals surface area (Å²) in [4.78, 5) is 2.87. The van der Waals surface area contributed by atoms with Crippen molar-refractivity contribution in [2.24, 2.45) is 11.1 Å². The minimum absolute atomic E-state index is 0.0933. The van der Waals surface area contributed by atoms with Gasteiger partial charge in [0.25, 0.3) is 0 Å². The number of nitrogens with two attached hydrogens (primary N) is 1. The van der Waals surface area contributed by atoms with Crippen LogP contribution >= 0.6 is 12.2 Å². The summed E-state index contributed by atoms with van der Waals surface area (Å²) in [5.41, 5.74) is 5.61. The maximum atomic E-state index is 11.4. The molecule has 0 aromatic rings. The van der Waals surface area contributed by atoms with Crippen molar-refractivity contribution in [1.82, 2.24) is 9.21 Å². The topological polar surface area (TPSA) is 66.6 Å². The summed E-state index contributed by atoms with van der Waals surface area (Å²) in [6.07, 6.45) is 3.27. The monoisotopic (exact) mass is 307 g/mol.